The van der Waals surface area contributed by atoms with Gasteiger partial charge in [-0.05, 0) is 12.1 Å². The zero-order valence-electron chi connectivity index (χ0n) is 12.8. The van der Waals surface area contributed by atoms with Gasteiger partial charge in [0, 0.05) is 38.5 Å². The van der Waals surface area contributed by atoms with Crippen molar-refractivity contribution in [1.82, 2.24) is 10.2 Å². The van der Waals surface area contributed by atoms with Crippen LogP contribution in [0.1, 0.15) is 12.8 Å². The fourth-order valence-electron chi connectivity index (χ4n) is 2.89. The van der Waals surface area contributed by atoms with Crippen LogP contribution in [-0.4, -0.2) is 55.8 Å². The normalized spacial score (nSPS) is 22.9. The molecule has 5 nitrogen and oxygen atoms in total. The molecule has 2 heterocycles. The Bertz CT molecular complexity index is 556. The van der Waals surface area contributed by atoms with E-state index in [1.54, 1.807) is 4.90 Å². The van der Waals surface area contributed by atoms with Crippen molar-refractivity contribution in [2.24, 2.45) is 0 Å². The molecule has 0 aromatic heterocycles. The number of hydrogen-bond donors (Lipinski definition) is 1. The molecule has 1 aromatic carbocycles. The number of halogens is 2. The number of hydrogen-bond acceptors (Lipinski definition) is 4. The van der Waals surface area contributed by atoms with E-state index in [4.69, 9.17) is 9.47 Å². The second kappa shape index (κ2) is 7.23. The summed E-state index contributed by atoms with van der Waals surface area (Å²) in [5.41, 5.74) is 0. The van der Waals surface area contributed by atoms with E-state index in [-0.39, 0.29) is 23.8 Å². The Labute approximate surface area is 133 Å². The highest BCUT2D eigenvalue weighted by Gasteiger charge is 2.30. The van der Waals surface area contributed by atoms with Crippen molar-refractivity contribution in [3.05, 3.63) is 29.8 Å². The van der Waals surface area contributed by atoms with Crippen LogP contribution in [0.25, 0.3) is 0 Å². The first kappa shape index (κ1) is 16.1. The fourth-order valence-corrected chi connectivity index (χ4v) is 2.89. The quantitative estimate of drug-likeness (QED) is 0.910. The first-order chi connectivity index (χ1) is 11.1. The lowest BCUT2D eigenvalue weighted by Gasteiger charge is -2.35. The van der Waals surface area contributed by atoms with Gasteiger partial charge in [0.2, 0.25) is 5.91 Å². The van der Waals surface area contributed by atoms with Crippen LogP contribution in [0.3, 0.4) is 0 Å². The number of nitrogens with zero attached hydrogens (tertiary/aromatic N) is 1. The van der Waals surface area contributed by atoms with Crippen molar-refractivity contribution >= 4 is 5.91 Å². The van der Waals surface area contributed by atoms with Gasteiger partial charge in [0.05, 0.1) is 13.2 Å². The fraction of sp³-hybridized carbons (Fsp3) is 0.562. The number of nitrogens with one attached hydrogen (secondary N) is 1. The molecule has 0 aliphatic carbocycles. The third kappa shape index (κ3) is 3.97. The molecule has 2 fully saturated rings. The summed E-state index contributed by atoms with van der Waals surface area (Å²) in [4.78, 5) is 14.1. The van der Waals surface area contributed by atoms with Gasteiger partial charge in [-0.25, -0.2) is 8.78 Å². The number of amides is 1. The standard InChI is InChI=1S/C16H20F2N2O3/c17-11-1-2-15(13(18)9-11)23-12-3-6-20(7-4-12)16(21)14-10-22-8-5-19-14/h1-2,9,12,14,19H,3-8,10H2. The number of ether oxygens (including phenoxy) is 2. The van der Waals surface area contributed by atoms with Crippen molar-refractivity contribution in [2.45, 2.75) is 25.0 Å². The number of benzene rings is 1. The second-order valence-corrected chi connectivity index (χ2v) is 5.80. The summed E-state index contributed by atoms with van der Waals surface area (Å²) in [5.74, 6) is -1.24. The topological polar surface area (TPSA) is 50.8 Å². The molecular formula is C16H20F2N2O3. The van der Waals surface area contributed by atoms with Crippen LogP contribution < -0.4 is 10.1 Å². The molecule has 126 valence electrons. The van der Waals surface area contributed by atoms with E-state index in [0.29, 0.717) is 45.7 Å². The van der Waals surface area contributed by atoms with E-state index >= 15 is 0 Å². The van der Waals surface area contributed by atoms with Gasteiger partial charge in [-0.15, -0.1) is 0 Å². The number of piperidine rings is 1. The highest BCUT2D eigenvalue weighted by Crippen LogP contribution is 2.23. The Morgan fingerprint density at radius 3 is 2.74 bits per heavy atom. The molecule has 2 saturated heterocycles. The summed E-state index contributed by atoms with van der Waals surface area (Å²) < 4.78 is 37.4. The Balaban J connectivity index is 1.51. The number of carbonyl (C=O) groups excluding carboxylic acids is 1. The predicted octanol–water partition coefficient (Wildman–Crippen LogP) is 1.32. The van der Waals surface area contributed by atoms with Gasteiger partial charge < -0.3 is 19.7 Å². The van der Waals surface area contributed by atoms with Gasteiger partial charge in [0.25, 0.3) is 0 Å². The van der Waals surface area contributed by atoms with Crippen LogP contribution in [0.15, 0.2) is 18.2 Å². The summed E-state index contributed by atoms with van der Waals surface area (Å²) in [6, 6.07) is 3.00. The van der Waals surface area contributed by atoms with Crippen LogP contribution in [0, 0.1) is 11.6 Å². The Hall–Kier alpha value is -1.73. The minimum absolute atomic E-state index is 0.0381. The summed E-state index contributed by atoms with van der Waals surface area (Å²) >= 11 is 0. The zero-order chi connectivity index (χ0) is 16.2. The molecule has 1 amide bonds. The molecule has 1 aromatic rings. The Morgan fingerprint density at radius 1 is 1.30 bits per heavy atom. The zero-order valence-corrected chi connectivity index (χ0v) is 12.8. The highest BCUT2D eigenvalue weighted by atomic mass is 19.1. The van der Waals surface area contributed by atoms with E-state index in [0.717, 1.165) is 6.07 Å². The van der Waals surface area contributed by atoms with Crippen molar-refractivity contribution in [3.8, 4) is 5.75 Å². The van der Waals surface area contributed by atoms with Gasteiger partial charge in [0.15, 0.2) is 11.6 Å². The molecule has 0 bridgehead atoms. The van der Waals surface area contributed by atoms with Crippen LogP contribution in [0.2, 0.25) is 0 Å². The molecule has 2 aliphatic rings. The number of likely N-dealkylation sites (tertiary alicyclic amines) is 1. The third-order valence-electron chi connectivity index (χ3n) is 4.16. The maximum atomic E-state index is 13.6. The number of morpholine rings is 1. The third-order valence-corrected chi connectivity index (χ3v) is 4.16. The highest BCUT2D eigenvalue weighted by molar-refractivity contribution is 5.82. The van der Waals surface area contributed by atoms with Gasteiger partial charge in [-0.3, -0.25) is 4.79 Å². The SMILES string of the molecule is O=C(C1COCCN1)N1CCC(Oc2ccc(F)cc2F)CC1. The molecule has 3 rings (SSSR count). The maximum absolute atomic E-state index is 13.6. The largest absolute Gasteiger partial charge is 0.487 e. The van der Waals surface area contributed by atoms with Gasteiger partial charge >= 0.3 is 0 Å². The van der Waals surface area contributed by atoms with Gasteiger partial charge in [-0.1, -0.05) is 0 Å². The molecule has 1 unspecified atom stereocenters. The van der Waals surface area contributed by atoms with Crippen molar-refractivity contribution < 1.29 is 23.0 Å². The Kier molecular flexibility index (Phi) is 5.07. The molecule has 1 N–H and O–H groups in total. The lowest BCUT2D eigenvalue weighted by molar-refractivity contribution is -0.138. The minimum atomic E-state index is -0.702. The first-order valence-corrected chi connectivity index (χ1v) is 7.85. The summed E-state index contributed by atoms with van der Waals surface area (Å²) in [6.07, 6.45) is 1.07. The number of carbonyl (C=O) groups is 1. The lowest BCUT2D eigenvalue weighted by atomic mass is 10.1. The van der Waals surface area contributed by atoms with E-state index in [9.17, 15) is 13.6 Å². The second-order valence-electron chi connectivity index (χ2n) is 5.80. The van der Waals surface area contributed by atoms with Crippen LogP contribution in [0.4, 0.5) is 8.78 Å². The van der Waals surface area contributed by atoms with E-state index in [2.05, 4.69) is 5.32 Å². The molecule has 0 saturated carbocycles. The molecular weight excluding hydrogens is 306 g/mol. The van der Waals surface area contributed by atoms with Crippen molar-refractivity contribution in [1.29, 1.82) is 0 Å². The van der Waals surface area contributed by atoms with Crippen molar-refractivity contribution in [2.75, 3.05) is 32.8 Å². The molecule has 7 heteroatoms. The smallest absolute Gasteiger partial charge is 0.242 e. The molecule has 23 heavy (non-hydrogen) atoms. The van der Waals surface area contributed by atoms with Crippen LogP contribution in [-0.2, 0) is 9.53 Å². The maximum Gasteiger partial charge on any atom is 0.242 e. The molecule has 2 aliphatic heterocycles. The molecule has 1 atom stereocenters. The predicted molar refractivity (Wildman–Crippen MR) is 79.2 cm³/mol. The average molecular weight is 326 g/mol. The Morgan fingerprint density at radius 2 is 2.09 bits per heavy atom. The summed E-state index contributed by atoms with van der Waals surface area (Å²) in [5, 5.41) is 3.15. The summed E-state index contributed by atoms with van der Waals surface area (Å²) in [6.45, 7) is 2.83. The molecule has 0 radical (unpaired) electrons. The van der Waals surface area contributed by atoms with Gasteiger partial charge in [-0.2, -0.15) is 0 Å². The number of rotatable bonds is 3. The van der Waals surface area contributed by atoms with E-state index in [1.165, 1.54) is 12.1 Å². The lowest BCUT2D eigenvalue weighted by Crippen LogP contribution is -2.54. The van der Waals surface area contributed by atoms with Crippen molar-refractivity contribution in [3.63, 3.8) is 0 Å². The van der Waals surface area contributed by atoms with E-state index < -0.39 is 11.6 Å². The molecule has 0 spiro atoms. The summed E-state index contributed by atoms with van der Waals surface area (Å²) in [7, 11) is 0. The van der Waals surface area contributed by atoms with Gasteiger partial charge in [0.1, 0.15) is 18.0 Å². The average Bonchev–Trinajstić information content (AvgIpc) is 2.58. The van der Waals surface area contributed by atoms with E-state index in [1.807, 2.05) is 0 Å². The monoisotopic (exact) mass is 326 g/mol. The first-order valence-electron chi connectivity index (χ1n) is 7.85. The minimum Gasteiger partial charge on any atom is -0.487 e. The van der Waals surface area contributed by atoms with Crippen LogP contribution >= 0.6 is 0 Å². The van der Waals surface area contributed by atoms with Crippen LogP contribution in [0.5, 0.6) is 5.75 Å².